The molecule has 0 bridgehead atoms. The maximum atomic E-state index is 11.4. The molecule has 0 aromatic carbocycles. The van der Waals surface area contributed by atoms with E-state index in [1.54, 1.807) is 0 Å². The molecular weight excluding hydrogens is 260 g/mol. The van der Waals surface area contributed by atoms with Crippen LogP contribution < -0.4 is 16.8 Å². The summed E-state index contributed by atoms with van der Waals surface area (Å²) in [5, 5.41) is 12.9. The highest BCUT2D eigenvalue weighted by atomic mass is 32.1. The van der Waals surface area contributed by atoms with Gasteiger partial charge in [0.25, 0.3) is 0 Å². The van der Waals surface area contributed by atoms with E-state index in [9.17, 15) is 14.4 Å². The first-order valence-electron chi connectivity index (χ1n) is 4.89. The van der Waals surface area contributed by atoms with Gasteiger partial charge in [0.05, 0.1) is 19.0 Å². The molecule has 0 radical (unpaired) electrons. The number of aromatic nitrogens is 1. The zero-order valence-electron chi connectivity index (χ0n) is 9.25. The number of primary amides is 1. The largest absolute Gasteiger partial charge is 0.476 e. The van der Waals surface area contributed by atoms with Gasteiger partial charge in [0.15, 0.2) is 5.69 Å². The van der Waals surface area contributed by atoms with Crippen LogP contribution in [0.1, 0.15) is 21.9 Å². The highest BCUT2D eigenvalue weighted by Crippen LogP contribution is 2.09. The topological polar surface area (TPSA) is 148 Å². The highest BCUT2D eigenvalue weighted by molar-refractivity contribution is 7.09. The number of thiazole rings is 1. The molecule has 0 spiro atoms. The van der Waals surface area contributed by atoms with Crippen molar-refractivity contribution in [1.82, 2.24) is 10.3 Å². The summed E-state index contributed by atoms with van der Waals surface area (Å²) in [6, 6.07) is -1.01. The lowest BCUT2D eigenvalue weighted by atomic mass is 10.2. The molecule has 2 amide bonds. The predicted octanol–water partition coefficient (Wildman–Crippen LogP) is -1.34. The van der Waals surface area contributed by atoms with Crippen molar-refractivity contribution in [3.8, 4) is 0 Å². The van der Waals surface area contributed by atoms with Crippen LogP contribution in [-0.2, 0) is 16.1 Å². The zero-order chi connectivity index (χ0) is 13.7. The van der Waals surface area contributed by atoms with Gasteiger partial charge in [0, 0.05) is 5.38 Å². The molecule has 0 aliphatic carbocycles. The number of aromatic carboxylic acids is 1. The summed E-state index contributed by atoms with van der Waals surface area (Å²) in [7, 11) is 0. The maximum Gasteiger partial charge on any atom is 0.355 e. The zero-order valence-corrected chi connectivity index (χ0v) is 10.1. The summed E-state index contributed by atoms with van der Waals surface area (Å²) >= 11 is 1.11. The maximum absolute atomic E-state index is 11.4. The first kappa shape index (κ1) is 14.1. The Balaban J connectivity index is 2.46. The summed E-state index contributed by atoms with van der Waals surface area (Å²) in [5.41, 5.74) is 10.2. The van der Waals surface area contributed by atoms with Crippen molar-refractivity contribution >= 4 is 29.1 Å². The van der Waals surface area contributed by atoms with Crippen LogP contribution in [0.2, 0.25) is 0 Å². The van der Waals surface area contributed by atoms with E-state index >= 15 is 0 Å². The third-order valence-corrected chi connectivity index (χ3v) is 2.79. The second-order valence-corrected chi connectivity index (χ2v) is 4.37. The van der Waals surface area contributed by atoms with Gasteiger partial charge in [-0.2, -0.15) is 0 Å². The minimum atomic E-state index is -1.13. The van der Waals surface area contributed by atoms with Crippen LogP contribution in [0.4, 0.5) is 0 Å². The van der Waals surface area contributed by atoms with Gasteiger partial charge in [-0.05, 0) is 0 Å². The average Bonchev–Trinajstić information content (AvgIpc) is 2.73. The quantitative estimate of drug-likeness (QED) is 0.503. The molecular formula is C9H12N4O4S. The van der Waals surface area contributed by atoms with Gasteiger partial charge < -0.3 is 21.9 Å². The number of carbonyl (C=O) groups excluding carboxylic acids is 2. The third-order valence-electron chi connectivity index (χ3n) is 1.94. The molecule has 1 atom stereocenters. The van der Waals surface area contributed by atoms with Crippen LogP contribution >= 0.6 is 11.3 Å². The van der Waals surface area contributed by atoms with Crippen LogP contribution in [-0.4, -0.2) is 33.9 Å². The Kier molecular flexibility index (Phi) is 4.75. The van der Waals surface area contributed by atoms with E-state index in [-0.39, 0.29) is 18.7 Å². The Morgan fingerprint density at radius 3 is 2.67 bits per heavy atom. The van der Waals surface area contributed by atoms with Gasteiger partial charge in [-0.3, -0.25) is 9.59 Å². The number of hydrogen-bond acceptors (Lipinski definition) is 6. The number of nitrogens with two attached hydrogens (primary N) is 2. The Hall–Kier alpha value is -2.00. The van der Waals surface area contributed by atoms with Gasteiger partial charge in [0.1, 0.15) is 5.01 Å². The van der Waals surface area contributed by atoms with E-state index in [1.165, 1.54) is 5.38 Å². The lowest BCUT2D eigenvalue weighted by Gasteiger charge is -2.08. The van der Waals surface area contributed by atoms with Crippen molar-refractivity contribution in [1.29, 1.82) is 0 Å². The van der Waals surface area contributed by atoms with Gasteiger partial charge in [0.2, 0.25) is 11.8 Å². The number of nitrogens with zero attached hydrogens (tertiary/aromatic N) is 1. The van der Waals surface area contributed by atoms with E-state index in [4.69, 9.17) is 16.6 Å². The molecule has 98 valence electrons. The molecule has 18 heavy (non-hydrogen) atoms. The summed E-state index contributed by atoms with van der Waals surface area (Å²) < 4.78 is 0. The molecule has 1 heterocycles. The molecule has 0 aliphatic rings. The van der Waals surface area contributed by atoms with Crippen LogP contribution in [0.15, 0.2) is 5.38 Å². The molecule has 1 aromatic heterocycles. The number of carboxylic acids is 1. The Morgan fingerprint density at radius 2 is 2.17 bits per heavy atom. The van der Waals surface area contributed by atoms with Gasteiger partial charge in [-0.25, -0.2) is 9.78 Å². The molecule has 0 fully saturated rings. The smallest absolute Gasteiger partial charge is 0.355 e. The molecule has 9 heteroatoms. The summed E-state index contributed by atoms with van der Waals surface area (Å²) in [6.07, 6.45) is -0.246. The predicted molar refractivity (Wildman–Crippen MR) is 62.7 cm³/mol. The molecule has 0 aliphatic heterocycles. The fourth-order valence-electron chi connectivity index (χ4n) is 1.09. The second kappa shape index (κ2) is 6.07. The van der Waals surface area contributed by atoms with Crippen molar-refractivity contribution in [2.45, 2.75) is 19.0 Å². The fourth-order valence-corrected chi connectivity index (χ4v) is 1.80. The minimum absolute atomic E-state index is 0.0588. The summed E-state index contributed by atoms with van der Waals surface area (Å²) in [6.45, 7) is 0.0588. The van der Waals surface area contributed by atoms with E-state index in [0.29, 0.717) is 5.01 Å². The number of amides is 2. The summed E-state index contributed by atoms with van der Waals surface area (Å²) in [4.78, 5) is 36.3. The highest BCUT2D eigenvalue weighted by Gasteiger charge is 2.16. The van der Waals surface area contributed by atoms with Crippen LogP contribution in [0.25, 0.3) is 0 Å². The molecule has 1 unspecified atom stereocenters. The normalized spacial score (nSPS) is 11.8. The lowest BCUT2D eigenvalue weighted by molar-refractivity contribution is -0.126. The van der Waals surface area contributed by atoms with Crippen LogP contribution in [0.3, 0.4) is 0 Å². The van der Waals surface area contributed by atoms with Gasteiger partial charge >= 0.3 is 5.97 Å². The van der Waals surface area contributed by atoms with Crippen molar-refractivity contribution in [3.05, 3.63) is 16.1 Å². The van der Waals surface area contributed by atoms with Crippen LogP contribution in [0.5, 0.6) is 0 Å². The van der Waals surface area contributed by atoms with E-state index in [1.807, 2.05) is 0 Å². The Bertz CT molecular complexity index is 473. The van der Waals surface area contributed by atoms with E-state index in [0.717, 1.165) is 11.3 Å². The molecule has 1 rings (SSSR count). The molecule has 1 aromatic rings. The standard InChI is InChI=1S/C9H12N4O4S/c10-4(1-6(11)14)8(15)12-2-7-13-5(3-18-7)9(16)17/h3-4H,1-2,10H2,(H2,11,14)(H,12,15)(H,16,17). The van der Waals surface area contributed by atoms with Gasteiger partial charge in [-0.15, -0.1) is 11.3 Å². The van der Waals surface area contributed by atoms with Crippen molar-refractivity contribution in [2.24, 2.45) is 11.5 Å². The second-order valence-electron chi connectivity index (χ2n) is 3.43. The monoisotopic (exact) mass is 272 g/mol. The van der Waals surface area contributed by atoms with E-state index < -0.39 is 23.8 Å². The molecule has 0 saturated heterocycles. The average molecular weight is 272 g/mol. The molecule has 6 N–H and O–H groups in total. The number of nitrogens with one attached hydrogen (secondary N) is 1. The minimum Gasteiger partial charge on any atom is -0.476 e. The number of carboxylic acid groups (broad SMARTS) is 1. The fraction of sp³-hybridized carbons (Fsp3) is 0.333. The Labute approximate surface area is 106 Å². The van der Waals surface area contributed by atoms with E-state index in [2.05, 4.69) is 10.3 Å². The number of carbonyl (C=O) groups is 3. The van der Waals surface area contributed by atoms with Gasteiger partial charge in [-0.1, -0.05) is 0 Å². The first-order chi connectivity index (χ1) is 8.40. The molecule has 0 saturated carbocycles. The van der Waals surface area contributed by atoms with Crippen molar-refractivity contribution in [3.63, 3.8) is 0 Å². The Morgan fingerprint density at radius 1 is 1.50 bits per heavy atom. The first-order valence-corrected chi connectivity index (χ1v) is 5.77. The molecule has 8 nitrogen and oxygen atoms in total. The van der Waals surface area contributed by atoms with Crippen molar-refractivity contribution < 1.29 is 19.5 Å². The SMILES string of the molecule is NC(=O)CC(N)C(=O)NCc1nc(C(=O)O)cs1. The lowest BCUT2D eigenvalue weighted by Crippen LogP contribution is -2.42. The number of hydrogen-bond donors (Lipinski definition) is 4. The number of rotatable bonds is 6. The van der Waals surface area contributed by atoms with Crippen molar-refractivity contribution in [2.75, 3.05) is 0 Å². The third kappa shape index (κ3) is 4.11. The van der Waals surface area contributed by atoms with Crippen LogP contribution in [0, 0.1) is 0 Å². The summed E-state index contributed by atoms with van der Waals surface area (Å²) in [5.74, 6) is -2.34.